The molecule has 12 heavy (non-hydrogen) atoms. The number of aromatic carboxylic acids is 1. The van der Waals surface area contributed by atoms with Gasteiger partial charge in [0, 0.05) is 0 Å². The maximum atomic E-state index is 10.1. The van der Waals surface area contributed by atoms with E-state index in [0.29, 0.717) is 0 Å². The molecule has 1 aromatic carbocycles. The molecule has 0 fully saturated rings. The van der Waals surface area contributed by atoms with Gasteiger partial charge in [-0.2, -0.15) is 0 Å². The molecule has 52 valence electrons. The van der Waals surface area contributed by atoms with E-state index in [1.54, 1.807) is 18.2 Å². The minimum absolute atomic E-state index is 0. The summed E-state index contributed by atoms with van der Waals surface area (Å²) in [6.07, 6.45) is 0. The third-order valence-electron chi connectivity index (χ3n) is 1.01. The van der Waals surface area contributed by atoms with Gasteiger partial charge in [0.15, 0.2) is 0 Å². The summed E-state index contributed by atoms with van der Waals surface area (Å²) in [5.74, 6) is -1.13. The summed E-state index contributed by atoms with van der Waals surface area (Å²) >= 11 is 0. The van der Waals surface area contributed by atoms with Crippen LogP contribution in [0.3, 0.4) is 0 Å². The summed E-state index contributed by atoms with van der Waals surface area (Å²) in [5, 5.41) is 10.1. The van der Waals surface area contributed by atoms with E-state index in [0.717, 1.165) is 0 Å². The van der Waals surface area contributed by atoms with Crippen LogP contribution < -0.4 is 86.0 Å². The molecule has 2 nitrogen and oxygen atoms in total. The Morgan fingerprint density at radius 2 is 1.67 bits per heavy atom. The van der Waals surface area contributed by atoms with Crippen LogP contribution in [-0.4, -0.2) is 43.7 Å². The van der Waals surface area contributed by atoms with Gasteiger partial charge in [0.05, 0.1) is 5.97 Å². The molecule has 5 heteroatoms. The summed E-state index contributed by atoms with van der Waals surface area (Å²) in [6, 6.07) is 8.06. The molecule has 0 atom stereocenters. The Morgan fingerprint density at radius 3 is 1.92 bits per heavy atom. The Balaban J connectivity index is -0.0000000337. The zero-order valence-electron chi connectivity index (χ0n) is 10.4. The van der Waals surface area contributed by atoms with Crippen LogP contribution >= 0.6 is 0 Å². The second-order valence-corrected chi connectivity index (χ2v) is 1.65. The van der Waals surface area contributed by atoms with Crippen molar-refractivity contribution in [2.45, 2.75) is 0 Å². The molecule has 0 aliphatic rings. The van der Waals surface area contributed by atoms with E-state index in [9.17, 15) is 9.90 Å². The maximum Gasteiger partial charge on any atom is 2.00 e. The van der Waals surface area contributed by atoms with Crippen molar-refractivity contribution in [1.82, 2.24) is 0 Å². The molecule has 0 spiro atoms. The fraction of sp³-hybridized carbons (Fsp3) is 0. The predicted molar refractivity (Wildman–Crippen MR) is 39.9 cm³/mol. The Morgan fingerprint density at radius 1 is 1.25 bits per heavy atom. The molecule has 0 amide bonds. The van der Waals surface area contributed by atoms with E-state index >= 15 is 0 Å². The van der Waals surface area contributed by atoms with Crippen molar-refractivity contribution in [3.63, 3.8) is 0 Å². The number of rotatable bonds is 1. The molecule has 0 radical (unpaired) electrons. The number of carboxylic acids is 1. The van der Waals surface area contributed by atoms with Gasteiger partial charge in [-0.15, -0.1) is 0 Å². The van der Waals surface area contributed by atoms with Crippen molar-refractivity contribution in [3.8, 4) is 0 Å². The third kappa shape index (κ3) is 7.94. The number of benzene rings is 1. The van der Waals surface area contributed by atoms with Gasteiger partial charge < -0.3 is 14.2 Å². The smallest absolute Gasteiger partial charge is 1.00 e. The molecule has 0 saturated carbocycles. The predicted octanol–water partition coefficient (Wildman–Crippen LogP) is -5.99. The van der Waals surface area contributed by atoms with Gasteiger partial charge in [-0.3, -0.25) is 0 Å². The summed E-state index contributed by atoms with van der Waals surface area (Å²) in [7, 11) is 0. The minimum Gasteiger partial charge on any atom is -1.00 e. The standard InChI is InChI=1S/C7H6O2.Ca.K.Na.3H/c8-7(9)6-4-2-1-3-5-6;;;;;;/h1-5H,(H,8,9);;;;;;/q;+2;2*+1;3*-1/p-1. The first-order valence-corrected chi connectivity index (χ1v) is 2.57. The Hall–Kier alpha value is 2.59. The van der Waals surface area contributed by atoms with Crippen LogP contribution in [0.25, 0.3) is 0 Å². The normalized spacial score (nSPS) is 6.67. The number of hydrogen-bond donors (Lipinski definition) is 0. The molecule has 1 aromatic rings. The minimum atomic E-state index is -1.13. The first-order valence-electron chi connectivity index (χ1n) is 2.57. The van der Waals surface area contributed by atoms with Crippen LogP contribution in [0, 0.1) is 0 Å². The second kappa shape index (κ2) is 11.7. The molecule has 1 rings (SSSR count). The van der Waals surface area contributed by atoms with E-state index in [1.807, 2.05) is 0 Å². The third-order valence-corrected chi connectivity index (χ3v) is 1.01. The summed E-state index contributed by atoms with van der Waals surface area (Å²) in [6.45, 7) is 0. The van der Waals surface area contributed by atoms with Crippen LogP contribution in [0.2, 0.25) is 0 Å². The summed E-state index contributed by atoms with van der Waals surface area (Å²) in [4.78, 5) is 10.1. The molecule has 0 N–H and O–H groups in total. The van der Waals surface area contributed by atoms with Crippen LogP contribution in [0.1, 0.15) is 14.6 Å². The van der Waals surface area contributed by atoms with Crippen LogP contribution in [-0.2, 0) is 0 Å². The average Bonchev–Trinajstić information content (AvgIpc) is 1.90. The molecule has 0 bridgehead atoms. The number of carboxylic acid groups (broad SMARTS) is 1. The van der Waals surface area contributed by atoms with Crippen LogP contribution in [0.5, 0.6) is 0 Å². The van der Waals surface area contributed by atoms with Gasteiger partial charge in [-0.25, -0.2) is 0 Å². The quantitative estimate of drug-likeness (QED) is 0.447. The van der Waals surface area contributed by atoms with E-state index in [-0.39, 0.29) is 129 Å². The van der Waals surface area contributed by atoms with E-state index < -0.39 is 5.97 Å². The molecule has 0 aliphatic carbocycles. The molecular weight excluding hydrogens is 218 g/mol. The zero-order valence-corrected chi connectivity index (χ0v) is 14.7. The number of hydrogen-bond acceptors (Lipinski definition) is 2. The first-order chi connectivity index (χ1) is 4.30. The van der Waals surface area contributed by atoms with Crippen molar-refractivity contribution in [1.29, 1.82) is 0 Å². The van der Waals surface area contributed by atoms with Gasteiger partial charge in [0.2, 0.25) is 0 Å². The fourth-order valence-corrected chi connectivity index (χ4v) is 0.574. The van der Waals surface area contributed by atoms with E-state index in [2.05, 4.69) is 0 Å². The summed E-state index contributed by atoms with van der Waals surface area (Å²) < 4.78 is 0. The van der Waals surface area contributed by atoms with Gasteiger partial charge in [0.25, 0.3) is 0 Å². The Labute approximate surface area is 171 Å². The zero-order chi connectivity index (χ0) is 6.69. The van der Waals surface area contributed by atoms with Gasteiger partial charge in [-0.05, 0) is 5.56 Å². The van der Waals surface area contributed by atoms with Crippen molar-refractivity contribution in [3.05, 3.63) is 35.9 Å². The van der Waals surface area contributed by atoms with Crippen molar-refractivity contribution in [2.24, 2.45) is 0 Å². The molecule has 0 aromatic heterocycles. The molecular formula is C7H8CaKNaO2. The molecule has 0 aliphatic heterocycles. The second-order valence-electron chi connectivity index (χ2n) is 1.65. The molecule has 0 heterocycles. The van der Waals surface area contributed by atoms with Crippen LogP contribution in [0.15, 0.2) is 30.3 Å². The van der Waals surface area contributed by atoms with Crippen molar-refractivity contribution < 1.29 is 95.1 Å². The Bertz CT molecular complexity index is 229. The topological polar surface area (TPSA) is 40.1 Å². The maximum absolute atomic E-state index is 10.1. The number of carbonyl (C=O) groups is 1. The first kappa shape index (κ1) is 20.1. The SMILES string of the molecule is O=C([O-])c1ccccc1.[Ca+2].[H-].[H-].[H-].[K+].[Na+]. The van der Waals surface area contributed by atoms with E-state index in [1.165, 1.54) is 12.1 Å². The molecule has 0 unspecified atom stereocenters. The van der Waals surface area contributed by atoms with E-state index in [4.69, 9.17) is 0 Å². The number of carbonyl (C=O) groups excluding carboxylic acids is 1. The monoisotopic (exact) mass is 226 g/mol. The van der Waals surface area contributed by atoms with Crippen molar-refractivity contribution in [2.75, 3.05) is 0 Å². The Kier molecular flexibility index (Phi) is 19.5. The fourth-order valence-electron chi connectivity index (χ4n) is 0.574. The summed E-state index contributed by atoms with van der Waals surface area (Å²) in [5.41, 5.74) is 0.220. The largest absolute Gasteiger partial charge is 2.00 e. The van der Waals surface area contributed by atoms with Crippen LogP contribution in [0.4, 0.5) is 0 Å². The van der Waals surface area contributed by atoms with Crippen molar-refractivity contribution >= 4 is 43.7 Å². The van der Waals surface area contributed by atoms with Gasteiger partial charge in [-0.1, -0.05) is 30.3 Å². The van der Waals surface area contributed by atoms with Gasteiger partial charge in [0.1, 0.15) is 0 Å². The van der Waals surface area contributed by atoms with Gasteiger partial charge >= 0.3 is 119 Å². The molecule has 0 saturated heterocycles. The average molecular weight is 226 g/mol.